The van der Waals surface area contributed by atoms with Crippen LogP contribution in [-0.4, -0.2) is 27.9 Å². The predicted octanol–water partition coefficient (Wildman–Crippen LogP) is 2.62. The number of thiocarbonyl (C=S) groups is 1. The summed E-state index contributed by atoms with van der Waals surface area (Å²) in [6, 6.07) is 0. The molecule has 0 saturated carbocycles. The van der Waals surface area contributed by atoms with E-state index < -0.39 is 5.41 Å². The monoisotopic (exact) mass is 316 g/mol. The van der Waals surface area contributed by atoms with Crippen molar-refractivity contribution in [1.29, 1.82) is 0 Å². The number of thioether (sulfide) groups is 1. The van der Waals surface area contributed by atoms with Crippen LogP contribution in [0.15, 0.2) is 0 Å². The van der Waals surface area contributed by atoms with E-state index in [-0.39, 0.29) is 22.2 Å². The Morgan fingerprint density at radius 2 is 1.75 bits per heavy atom. The van der Waals surface area contributed by atoms with Gasteiger partial charge in [0.05, 0.1) is 0 Å². The van der Waals surface area contributed by atoms with Crippen LogP contribution in [0.2, 0.25) is 0 Å². The Hall–Kier alpha value is -0.620. The van der Waals surface area contributed by atoms with Gasteiger partial charge in [-0.05, 0) is 24.4 Å². The van der Waals surface area contributed by atoms with Gasteiger partial charge in [-0.2, -0.15) is 11.8 Å². The highest BCUT2D eigenvalue weighted by Gasteiger charge is 2.52. The third-order valence-corrected chi connectivity index (χ3v) is 5.24. The van der Waals surface area contributed by atoms with E-state index in [1.54, 1.807) is 11.8 Å². The van der Waals surface area contributed by atoms with Gasteiger partial charge in [-0.3, -0.25) is 9.59 Å². The lowest BCUT2D eigenvalue weighted by molar-refractivity contribution is -0.144. The molecule has 0 radical (unpaired) electrons. The smallest absolute Gasteiger partial charge is 0.242 e. The first-order valence-electron chi connectivity index (χ1n) is 7.27. The van der Waals surface area contributed by atoms with E-state index in [9.17, 15) is 9.59 Å². The third kappa shape index (κ3) is 3.73. The molecule has 114 valence electrons. The summed E-state index contributed by atoms with van der Waals surface area (Å²) in [5, 5.41) is 5.32. The van der Waals surface area contributed by atoms with Crippen molar-refractivity contribution in [2.75, 3.05) is 5.75 Å². The fourth-order valence-corrected chi connectivity index (χ4v) is 3.89. The highest BCUT2D eigenvalue weighted by Crippen LogP contribution is 2.38. The van der Waals surface area contributed by atoms with Gasteiger partial charge in [0.2, 0.25) is 11.8 Å². The highest BCUT2D eigenvalue weighted by molar-refractivity contribution is 7.99. The van der Waals surface area contributed by atoms with Crippen LogP contribution in [0.1, 0.15) is 52.9 Å². The standard InChI is InChI=1S/C14H24N2O2S2/c1-4-6-7-8-9-14(10(3)20-5-2)11(17)15-13(19)16-12(14)18/h10H,4-9H2,1-3H3,(H2,15,16,17,18,19). The van der Waals surface area contributed by atoms with Crippen molar-refractivity contribution in [3.05, 3.63) is 0 Å². The lowest BCUT2D eigenvalue weighted by Crippen LogP contribution is -2.65. The fourth-order valence-electron chi connectivity index (χ4n) is 2.59. The van der Waals surface area contributed by atoms with E-state index in [0.717, 1.165) is 31.4 Å². The first-order valence-corrected chi connectivity index (χ1v) is 8.73. The molecule has 1 atom stereocenters. The van der Waals surface area contributed by atoms with Gasteiger partial charge in [0.25, 0.3) is 0 Å². The zero-order valence-corrected chi connectivity index (χ0v) is 14.1. The minimum absolute atomic E-state index is 0.0581. The molecule has 1 saturated heterocycles. The summed E-state index contributed by atoms with van der Waals surface area (Å²) in [6.45, 7) is 6.14. The van der Waals surface area contributed by atoms with Gasteiger partial charge in [0.1, 0.15) is 5.41 Å². The molecule has 1 fully saturated rings. The molecule has 1 heterocycles. The molecule has 1 aliphatic heterocycles. The van der Waals surface area contributed by atoms with Crippen molar-refractivity contribution in [2.24, 2.45) is 5.41 Å². The number of hydrogen-bond donors (Lipinski definition) is 2. The van der Waals surface area contributed by atoms with Crippen molar-refractivity contribution in [1.82, 2.24) is 10.6 Å². The number of carbonyl (C=O) groups is 2. The Bertz CT molecular complexity index is 365. The van der Waals surface area contributed by atoms with Crippen LogP contribution in [0.25, 0.3) is 0 Å². The highest BCUT2D eigenvalue weighted by atomic mass is 32.2. The Labute approximate surface area is 130 Å². The van der Waals surface area contributed by atoms with Crippen molar-refractivity contribution in [3.63, 3.8) is 0 Å². The number of rotatable bonds is 8. The SMILES string of the molecule is CCCCCCC1(C(C)SCC)C(=O)NC(=S)NC1=O. The minimum atomic E-state index is -0.989. The molecule has 2 amide bonds. The summed E-state index contributed by atoms with van der Waals surface area (Å²) in [6.07, 6.45) is 4.78. The zero-order valence-electron chi connectivity index (χ0n) is 12.5. The predicted molar refractivity (Wildman–Crippen MR) is 87.7 cm³/mol. The van der Waals surface area contributed by atoms with Crippen molar-refractivity contribution in [2.45, 2.75) is 58.1 Å². The molecule has 0 aromatic rings. The van der Waals surface area contributed by atoms with E-state index in [1.165, 1.54) is 0 Å². The van der Waals surface area contributed by atoms with Crippen LogP contribution in [0.5, 0.6) is 0 Å². The second-order valence-corrected chi connectivity index (χ2v) is 7.14. The number of hydrogen-bond acceptors (Lipinski definition) is 4. The lowest BCUT2D eigenvalue weighted by Gasteiger charge is -2.39. The average Bonchev–Trinajstić information content (AvgIpc) is 2.37. The molecule has 4 nitrogen and oxygen atoms in total. The van der Waals surface area contributed by atoms with E-state index in [1.807, 2.05) is 13.8 Å². The Morgan fingerprint density at radius 1 is 1.15 bits per heavy atom. The number of unbranched alkanes of at least 4 members (excludes halogenated alkanes) is 3. The molecule has 1 rings (SSSR count). The molecule has 2 N–H and O–H groups in total. The molecule has 6 heteroatoms. The molecule has 0 spiro atoms. The maximum atomic E-state index is 12.4. The molecular formula is C14H24N2O2S2. The molecule has 0 aromatic heterocycles. The Kier molecular flexibility index (Phi) is 6.95. The second-order valence-electron chi connectivity index (χ2n) is 5.12. The zero-order chi connectivity index (χ0) is 15.2. The second kappa shape index (κ2) is 7.98. The summed E-state index contributed by atoms with van der Waals surface area (Å²) < 4.78 is 0. The van der Waals surface area contributed by atoms with Crippen molar-refractivity contribution in [3.8, 4) is 0 Å². The summed E-state index contributed by atoms with van der Waals surface area (Å²) in [5.41, 5.74) is -0.989. The Morgan fingerprint density at radius 3 is 2.25 bits per heavy atom. The topological polar surface area (TPSA) is 58.2 Å². The van der Waals surface area contributed by atoms with Crippen LogP contribution < -0.4 is 10.6 Å². The van der Waals surface area contributed by atoms with Crippen LogP contribution in [0, 0.1) is 5.41 Å². The fraction of sp³-hybridized carbons (Fsp3) is 0.786. The molecule has 0 bridgehead atoms. The summed E-state index contributed by atoms with van der Waals surface area (Å²) in [4.78, 5) is 24.9. The number of nitrogens with one attached hydrogen (secondary N) is 2. The first-order chi connectivity index (χ1) is 9.48. The molecule has 1 aliphatic rings. The first kappa shape index (κ1) is 17.4. The quantitative estimate of drug-likeness (QED) is 0.410. The van der Waals surface area contributed by atoms with Gasteiger partial charge < -0.3 is 10.6 Å². The minimum Gasteiger partial charge on any atom is -0.302 e. The molecule has 1 unspecified atom stereocenters. The third-order valence-electron chi connectivity index (χ3n) is 3.80. The summed E-state index contributed by atoms with van der Waals surface area (Å²) in [7, 11) is 0. The van der Waals surface area contributed by atoms with Gasteiger partial charge in [-0.1, -0.05) is 46.5 Å². The van der Waals surface area contributed by atoms with E-state index in [0.29, 0.717) is 6.42 Å². The molecule has 0 aromatic carbocycles. The molecular weight excluding hydrogens is 292 g/mol. The van der Waals surface area contributed by atoms with Crippen molar-refractivity contribution < 1.29 is 9.59 Å². The maximum Gasteiger partial charge on any atom is 0.242 e. The van der Waals surface area contributed by atoms with Crippen LogP contribution in [-0.2, 0) is 9.59 Å². The van der Waals surface area contributed by atoms with Gasteiger partial charge in [-0.15, -0.1) is 0 Å². The van der Waals surface area contributed by atoms with Crippen LogP contribution in [0.3, 0.4) is 0 Å². The lowest BCUT2D eigenvalue weighted by atomic mass is 9.76. The van der Waals surface area contributed by atoms with E-state index in [2.05, 4.69) is 17.6 Å². The van der Waals surface area contributed by atoms with Gasteiger partial charge in [-0.25, -0.2) is 0 Å². The normalized spacial score (nSPS) is 19.4. The van der Waals surface area contributed by atoms with Crippen LogP contribution >= 0.6 is 24.0 Å². The largest absolute Gasteiger partial charge is 0.302 e. The molecule has 0 aliphatic carbocycles. The van der Waals surface area contributed by atoms with Gasteiger partial charge >= 0.3 is 0 Å². The van der Waals surface area contributed by atoms with Crippen LogP contribution in [0.4, 0.5) is 0 Å². The van der Waals surface area contributed by atoms with Gasteiger partial charge in [0, 0.05) is 5.25 Å². The van der Waals surface area contributed by atoms with E-state index in [4.69, 9.17) is 12.2 Å². The average molecular weight is 316 g/mol. The number of amides is 2. The summed E-state index contributed by atoms with van der Waals surface area (Å²) in [5.74, 6) is 0.399. The Balaban J connectivity index is 2.90. The van der Waals surface area contributed by atoms with Gasteiger partial charge in [0.15, 0.2) is 5.11 Å². The summed E-state index contributed by atoms with van der Waals surface area (Å²) >= 11 is 6.54. The van der Waals surface area contributed by atoms with E-state index >= 15 is 0 Å². The molecule has 20 heavy (non-hydrogen) atoms. The number of carbonyl (C=O) groups excluding carboxylic acids is 2. The maximum absolute atomic E-state index is 12.4. The van der Waals surface area contributed by atoms with Crippen molar-refractivity contribution >= 4 is 40.9 Å².